The zero-order valence-electron chi connectivity index (χ0n) is 20.4. The molecule has 3 aromatic rings. The van der Waals surface area contributed by atoms with Crippen molar-refractivity contribution in [2.75, 3.05) is 17.2 Å². The molecule has 2 aromatic carbocycles. The van der Waals surface area contributed by atoms with Gasteiger partial charge in [-0.3, -0.25) is 4.55 Å². The summed E-state index contributed by atoms with van der Waals surface area (Å²) in [5, 5.41) is 2.40. The van der Waals surface area contributed by atoms with Crippen molar-refractivity contribution in [1.29, 1.82) is 0 Å². The van der Waals surface area contributed by atoms with Crippen LogP contribution >= 0.6 is 46.3 Å². The molecule has 0 fully saturated rings. The summed E-state index contributed by atoms with van der Waals surface area (Å²) in [5.41, 5.74) is 2.27. The number of allylic oxidation sites excluding steroid dienone is 2. The first-order valence-corrected chi connectivity index (χ1v) is 16.6. The second kappa shape index (κ2) is 12.9. The molecule has 1 aliphatic heterocycles. The van der Waals surface area contributed by atoms with E-state index < -0.39 is 31.9 Å². The van der Waals surface area contributed by atoms with Crippen molar-refractivity contribution < 1.29 is 60.1 Å². The molecule has 1 aliphatic rings. The number of rotatable bonds is 9. The van der Waals surface area contributed by atoms with Crippen LogP contribution < -0.4 is 39.0 Å². The summed E-state index contributed by atoms with van der Waals surface area (Å²) in [5.74, 6) is -1.10. The largest absolute Gasteiger partial charge is 1.00 e. The van der Waals surface area contributed by atoms with Gasteiger partial charge < -0.3 is 9.45 Å². The Morgan fingerprint density at radius 3 is 2.47 bits per heavy atom. The van der Waals surface area contributed by atoms with Gasteiger partial charge in [-0.2, -0.15) is 13.0 Å². The van der Waals surface area contributed by atoms with Gasteiger partial charge in [-0.1, -0.05) is 53.2 Å². The quantitative estimate of drug-likeness (QED) is 0.215. The Hall–Kier alpha value is -0.640. The van der Waals surface area contributed by atoms with Crippen LogP contribution in [0.3, 0.4) is 0 Å². The molecule has 0 atom stereocenters. The molecule has 1 aromatic heterocycles. The molecule has 2 heterocycles. The molecule has 4 rings (SSSR count). The molecule has 15 heteroatoms. The topological polar surface area (TPSA) is 119 Å². The van der Waals surface area contributed by atoms with Crippen LogP contribution in [0.5, 0.6) is 0 Å². The summed E-state index contributed by atoms with van der Waals surface area (Å²) < 4.78 is 68.8. The zero-order valence-corrected chi connectivity index (χ0v) is 27.2. The minimum absolute atomic E-state index is 0. The minimum atomic E-state index is -4.34. The molecule has 0 radical (unpaired) electrons. The Balaban J connectivity index is 0.00000400. The molecule has 1 N–H and O–H groups in total. The molecular formula is C23H22Cl2N2NaO6S4+. The van der Waals surface area contributed by atoms with Crippen LogP contribution in [0.25, 0.3) is 16.3 Å². The summed E-state index contributed by atoms with van der Waals surface area (Å²) >= 11 is 15.2. The van der Waals surface area contributed by atoms with E-state index in [2.05, 4.69) is 0 Å². The fourth-order valence-corrected chi connectivity index (χ4v) is 7.62. The molecule has 8 nitrogen and oxygen atoms in total. The third kappa shape index (κ3) is 8.20. The number of halogens is 2. The summed E-state index contributed by atoms with van der Waals surface area (Å²) in [7, 11) is -8.67. The molecule has 0 amide bonds. The van der Waals surface area contributed by atoms with Crippen LogP contribution in [-0.4, -0.2) is 38.2 Å². The predicted molar refractivity (Wildman–Crippen MR) is 149 cm³/mol. The maximum absolute atomic E-state index is 11.8. The van der Waals surface area contributed by atoms with Crippen LogP contribution in [0.4, 0.5) is 5.69 Å². The molecule has 198 valence electrons. The number of fused-ring (bicyclic) bond motifs is 2. The van der Waals surface area contributed by atoms with Gasteiger partial charge in [-0.05, 0) is 54.8 Å². The molecule has 0 saturated heterocycles. The number of thioether (sulfide) groups is 1. The average Bonchev–Trinajstić information content (AvgIpc) is 3.28. The average molecular weight is 645 g/mol. The van der Waals surface area contributed by atoms with Gasteiger partial charge in [0.05, 0.1) is 20.8 Å². The molecular weight excluding hydrogens is 622 g/mol. The molecule has 0 unspecified atom stereocenters. The number of hydrogen-bond acceptors (Lipinski definition) is 8. The van der Waals surface area contributed by atoms with Crippen LogP contribution in [-0.2, 0) is 26.1 Å². The maximum atomic E-state index is 11.8. The van der Waals surface area contributed by atoms with Gasteiger partial charge in [0.1, 0.15) is 4.70 Å². The first-order chi connectivity index (χ1) is 17.3. The Kier molecular flexibility index (Phi) is 10.8. The van der Waals surface area contributed by atoms with E-state index in [9.17, 15) is 25.9 Å². The zero-order chi connectivity index (χ0) is 27.0. The van der Waals surface area contributed by atoms with Crippen molar-refractivity contribution in [3.8, 4) is 0 Å². The third-order valence-electron chi connectivity index (χ3n) is 5.48. The smallest absolute Gasteiger partial charge is 0.748 e. The summed E-state index contributed by atoms with van der Waals surface area (Å²) in [6.07, 6.45) is 4.55. The Morgan fingerprint density at radius 1 is 1.13 bits per heavy atom. The van der Waals surface area contributed by atoms with E-state index in [4.69, 9.17) is 23.2 Å². The first-order valence-electron chi connectivity index (χ1n) is 11.0. The van der Waals surface area contributed by atoms with Crippen LogP contribution in [0.2, 0.25) is 10.0 Å². The predicted octanol–water partition coefficient (Wildman–Crippen LogP) is 2.53. The van der Waals surface area contributed by atoms with E-state index in [0.717, 1.165) is 25.9 Å². The van der Waals surface area contributed by atoms with Crippen LogP contribution in [0.15, 0.2) is 58.0 Å². The number of hydrogen-bond donors (Lipinski definition) is 1. The van der Waals surface area contributed by atoms with E-state index in [-0.39, 0.29) is 36.0 Å². The van der Waals surface area contributed by atoms with Gasteiger partial charge in [-0.25, -0.2) is 8.42 Å². The number of anilines is 1. The van der Waals surface area contributed by atoms with Gasteiger partial charge in [0.25, 0.3) is 10.9 Å². The maximum Gasteiger partial charge on any atom is 1.00 e. The number of nitrogens with zero attached hydrogens (tertiary/aromatic N) is 2. The van der Waals surface area contributed by atoms with Gasteiger partial charge in [-0.15, -0.1) is 0 Å². The van der Waals surface area contributed by atoms with Gasteiger partial charge in [0.15, 0.2) is 0 Å². The third-order valence-corrected chi connectivity index (χ3v) is 9.55. The minimum Gasteiger partial charge on any atom is -0.748 e. The summed E-state index contributed by atoms with van der Waals surface area (Å²) in [4.78, 5) is 2.87. The summed E-state index contributed by atoms with van der Waals surface area (Å²) in [6, 6.07) is 10.6. The Bertz CT molecular complexity index is 1640. The van der Waals surface area contributed by atoms with Gasteiger partial charge in [0.2, 0.25) is 5.52 Å². The number of thiazole rings is 1. The van der Waals surface area contributed by atoms with E-state index >= 15 is 0 Å². The molecule has 0 aliphatic carbocycles. The van der Waals surface area contributed by atoms with E-state index in [1.54, 1.807) is 30.3 Å². The Morgan fingerprint density at radius 2 is 1.82 bits per heavy atom. The van der Waals surface area contributed by atoms with Gasteiger partial charge in [0, 0.05) is 39.4 Å². The van der Waals surface area contributed by atoms with Crippen molar-refractivity contribution >= 4 is 88.5 Å². The second-order valence-corrected chi connectivity index (χ2v) is 14.2. The van der Waals surface area contributed by atoms with Crippen molar-refractivity contribution in [1.82, 2.24) is 0 Å². The normalized spacial score (nSPS) is 15.2. The monoisotopic (exact) mass is 643 g/mol. The van der Waals surface area contributed by atoms with Crippen molar-refractivity contribution in [3.63, 3.8) is 0 Å². The first kappa shape index (κ1) is 31.9. The van der Waals surface area contributed by atoms with Crippen molar-refractivity contribution in [2.24, 2.45) is 0 Å². The second-order valence-electron chi connectivity index (χ2n) is 8.23. The van der Waals surface area contributed by atoms with Crippen LogP contribution in [0.1, 0.15) is 24.8 Å². The molecule has 38 heavy (non-hydrogen) atoms. The van der Waals surface area contributed by atoms with Crippen molar-refractivity contribution in [3.05, 3.63) is 68.1 Å². The molecule has 0 bridgehead atoms. The van der Waals surface area contributed by atoms with Gasteiger partial charge >= 0.3 is 39.7 Å². The van der Waals surface area contributed by atoms with E-state index in [1.807, 2.05) is 30.0 Å². The SMILES string of the molecule is CCC(/C=C1\Sc2ccc(Cl)cc2N1CCCS(=O)(=O)[O-])=C\c1sc2ccc(Cl)cc2[n+]1CS(=O)(=O)O.[Na+]. The summed E-state index contributed by atoms with van der Waals surface area (Å²) in [6.45, 7) is 2.26. The van der Waals surface area contributed by atoms with E-state index in [1.165, 1.54) is 27.7 Å². The standard InChI is InChI=1S/C23H22Cl2N2O6S4.Na/c1-2-15(11-23-27(14-37(31,32)33)19-13-17(25)5-7-21(19)35-23)10-22-26(8-3-9-36(28,29)30)18-12-16(24)4-6-20(18)34-22;/h4-7,10-13H,2-3,8-9,14H2,1H3,(H-,28,29,30,31,32,33);/q;+1. The van der Waals surface area contributed by atoms with Crippen LogP contribution in [0, 0.1) is 0 Å². The number of aromatic nitrogens is 1. The Labute approximate surface area is 262 Å². The van der Waals surface area contributed by atoms with Crippen molar-refractivity contribution in [2.45, 2.75) is 30.5 Å². The fourth-order valence-electron chi connectivity index (χ4n) is 3.85. The molecule has 0 spiro atoms. The fraction of sp³-hybridized carbons (Fsp3) is 0.261. The number of benzene rings is 2. The molecule has 0 saturated carbocycles. The van der Waals surface area contributed by atoms with E-state index in [0.29, 0.717) is 33.5 Å².